The lowest BCUT2D eigenvalue weighted by molar-refractivity contribution is -0.170. The van der Waals surface area contributed by atoms with E-state index in [4.69, 9.17) is 4.74 Å². The number of hydrogen-bond acceptors (Lipinski definition) is 15. The lowest BCUT2D eigenvalue weighted by Crippen LogP contribution is -2.42. The molecule has 1 aromatic carbocycles. The number of H-pyrrole nitrogens is 1. The van der Waals surface area contributed by atoms with Crippen LogP contribution in [-0.4, -0.2) is 133 Å². The first-order valence-corrected chi connectivity index (χ1v) is 26.1. The zero-order valence-corrected chi connectivity index (χ0v) is 43.0. The predicted octanol–water partition coefficient (Wildman–Crippen LogP) is 4.95. The number of carbonyl (C=O) groups excluding carboxylic acids is 7. The molecular formula is C47H65F3N10O10S2. The normalized spacial score (nSPS) is 15.2. The van der Waals surface area contributed by atoms with Crippen LogP contribution in [0.15, 0.2) is 35.3 Å². The van der Waals surface area contributed by atoms with E-state index in [9.17, 15) is 56.6 Å². The fourth-order valence-corrected chi connectivity index (χ4v) is 9.91. The van der Waals surface area contributed by atoms with E-state index in [1.54, 1.807) is 35.4 Å². The molecule has 6 amide bonds. The van der Waals surface area contributed by atoms with Crippen LogP contribution in [0.3, 0.4) is 0 Å². The van der Waals surface area contributed by atoms with E-state index in [0.717, 1.165) is 56.8 Å². The molecule has 0 spiro atoms. The quantitative estimate of drug-likeness (QED) is 0.0335. The molecule has 1 saturated heterocycles. The Kier molecular flexibility index (Phi) is 22.7. The lowest BCUT2D eigenvalue weighted by Gasteiger charge is -2.27. The molecule has 3 heterocycles. The average molecular weight is 1050 g/mol. The number of alkyl halides is 3. The Bertz CT molecular complexity index is 2430. The van der Waals surface area contributed by atoms with Gasteiger partial charge in [-0.2, -0.15) is 18.2 Å². The van der Waals surface area contributed by atoms with Crippen LogP contribution in [0.2, 0.25) is 0 Å². The van der Waals surface area contributed by atoms with Gasteiger partial charge in [-0.15, -0.1) is 0 Å². The van der Waals surface area contributed by atoms with Crippen molar-refractivity contribution in [1.29, 1.82) is 0 Å². The number of likely N-dealkylation sites (tertiary alicyclic amines) is 1. The van der Waals surface area contributed by atoms with Crippen LogP contribution in [0, 0.1) is 5.92 Å². The Labute approximate surface area is 423 Å². The van der Waals surface area contributed by atoms with Crippen molar-refractivity contribution in [3.05, 3.63) is 52.1 Å². The van der Waals surface area contributed by atoms with Gasteiger partial charge in [0, 0.05) is 72.6 Å². The second kappa shape index (κ2) is 27.9. The number of anilines is 2. The maximum atomic E-state index is 13.8. The Hall–Kier alpha value is -5.82. The fourth-order valence-electron chi connectivity index (χ4n) is 7.43. The van der Waals surface area contributed by atoms with Crippen LogP contribution in [0.4, 0.5) is 24.8 Å². The van der Waals surface area contributed by atoms with E-state index in [-0.39, 0.29) is 75.4 Å². The number of benzene rings is 1. The third-order valence-corrected chi connectivity index (χ3v) is 14.9. The summed E-state index contributed by atoms with van der Waals surface area (Å²) in [5, 5.41) is 20.6. The first-order valence-electron chi connectivity index (χ1n) is 23.8. The van der Waals surface area contributed by atoms with Crippen molar-refractivity contribution in [2.45, 2.75) is 141 Å². The molecule has 4 rings (SSSR count). The number of β-amino-alcohol motifs (C(OH)–C–C–N with tert-alkyl or cyclic N) is 1. The summed E-state index contributed by atoms with van der Waals surface area (Å²) in [6.07, 6.45) is 0.774. The van der Waals surface area contributed by atoms with Gasteiger partial charge in [0.15, 0.2) is 11.2 Å². The number of halogens is 3. The van der Waals surface area contributed by atoms with Gasteiger partial charge in [-0.05, 0) is 76.6 Å². The molecule has 1 aliphatic rings. The number of aromatic amines is 1. The number of nitrogens with zero attached hydrogens (tertiary/aromatic N) is 5. The van der Waals surface area contributed by atoms with E-state index < -0.39 is 60.0 Å². The van der Waals surface area contributed by atoms with Gasteiger partial charge >= 0.3 is 18.1 Å². The maximum absolute atomic E-state index is 13.8. The molecule has 20 nitrogen and oxygen atoms in total. The smallest absolute Gasteiger partial charge is 0.467 e. The monoisotopic (exact) mass is 1050 g/mol. The number of aliphatic hydroxyl groups excluding tert-OH is 1. The molecule has 3 aromatic rings. The summed E-state index contributed by atoms with van der Waals surface area (Å²) in [6.45, 7) is 9.93. The Morgan fingerprint density at radius 2 is 1.64 bits per heavy atom. The van der Waals surface area contributed by atoms with E-state index in [2.05, 4.69) is 55.1 Å². The van der Waals surface area contributed by atoms with Gasteiger partial charge in [-0.3, -0.25) is 48.8 Å². The topological polar surface area (TPSA) is 275 Å². The van der Waals surface area contributed by atoms with E-state index >= 15 is 0 Å². The van der Waals surface area contributed by atoms with Crippen LogP contribution >= 0.6 is 21.6 Å². The zero-order valence-electron chi connectivity index (χ0n) is 41.3. The van der Waals surface area contributed by atoms with E-state index in [1.807, 2.05) is 11.8 Å². The highest BCUT2D eigenvalue weighted by Crippen LogP contribution is 2.39. The Morgan fingerprint density at radius 3 is 2.31 bits per heavy atom. The highest BCUT2D eigenvalue weighted by atomic mass is 33.1. The third kappa shape index (κ3) is 18.7. The predicted molar refractivity (Wildman–Crippen MR) is 266 cm³/mol. The molecule has 396 valence electrons. The highest BCUT2D eigenvalue weighted by molar-refractivity contribution is 8.77. The number of esters is 1. The van der Waals surface area contributed by atoms with Crippen LogP contribution in [0.5, 0.6) is 0 Å². The van der Waals surface area contributed by atoms with Gasteiger partial charge in [0.25, 0.3) is 11.5 Å². The zero-order chi connectivity index (χ0) is 53.2. The number of hydrogen-bond donors (Lipinski definition) is 6. The van der Waals surface area contributed by atoms with Crippen LogP contribution < -0.4 is 31.7 Å². The number of methoxy groups -OCH3 is 1. The first kappa shape index (κ1) is 58.7. The molecule has 0 aliphatic carbocycles. The van der Waals surface area contributed by atoms with Crippen molar-refractivity contribution in [2.24, 2.45) is 5.92 Å². The number of carbonyl (C=O) groups is 7. The molecule has 0 radical (unpaired) electrons. The van der Waals surface area contributed by atoms with Gasteiger partial charge < -0.3 is 30.7 Å². The maximum Gasteiger partial charge on any atom is 0.471 e. The fraction of sp³-hybridized carbons (Fsp3) is 0.596. The first-order chi connectivity index (χ1) is 34.0. The third-order valence-electron chi connectivity index (χ3n) is 11.5. The van der Waals surface area contributed by atoms with Crippen LogP contribution in [0.25, 0.3) is 11.2 Å². The summed E-state index contributed by atoms with van der Waals surface area (Å²) in [5.41, 5.74) is -2.05. The second-order valence-electron chi connectivity index (χ2n) is 18.1. The van der Waals surface area contributed by atoms with Crippen LogP contribution in [0.1, 0.15) is 121 Å². The average Bonchev–Trinajstić information content (AvgIpc) is 3.73. The molecule has 0 bridgehead atoms. The van der Waals surface area contributed by atoms with Crippen LogP contribution in [-0.2, 0) is 40.0 Å². The molecule has 25 heteroatoms. The second-order valence-corrected chi connectivity index (χ2v) is 21.3. The van der Waals surface area contributed by atoms with E-state index in [0.29, 0.717) is 68.8 Å². The van der Waals surface area contributed by atoms with Crippen molar-refractivity contribution in [1.82, 2.24) is 40.8 Å². The number of amides is 6. The summed E-state index contributed by atoms with van der Waals surface area (Å²) in [7, 11) is 4.45. The van der Waals surface area contributed by atoms with Crippen molar-refractivity contribution in [3.8, 4) is 0 Å². The Morgan fingerprint density at radius 1 is 0.958 bits per heavy atom. The number of aliphatic hydroxyl groups is 1. The summed E-state index contributed by atoms with van der Waals surface area (Å²) in [5.74, 6) is -4.66. The van der Waals surface area contributed by atoms with Gasteiger partial charge in [0.2, 0.25) is 29.6 Å². The molecule has 72 heavy (non-hydrogen) atoms. The van der Waals surface area contributed by atoms with Crippen molar-refractivity contribution >= 4 is 85.8 Å². The van der Waals surface area contributed by atoms with Gasteiger partial charge in [0.05, 0.1) is 31.6 Å². The molecule has 3 atom stereocenters. The number of rotatable bonds is 27. The Balaban J connectivity index is 1.16. The minimum Gasteiger partial charge on any atom is -0.467 e. The number of nitrogens with one attached hydrogen (secondary N) is 5. The summed E-state index contributed by atoms with van der Waals surface area (Å²) in [6, 6.07) is 3.25. The van der Waals surface area contributed by atoms with Gasteiger partial charge in [-0.25, -0.2) is 14.8 Å². The lowest BCUT2D eigenvalue weighted by atomic mass is 10.1. The number of fused-ring (bicyclic) bond motifs is 1. The molecular weight excluding hydrogens is 986 g/mol. The van der Waals surface area contributed by atoms with Gasteiger partial charge in [0.1, 0.15) is 6.04 Å². The molecule has 6 N–H and O–H groups in total. The number of aromatic nitrogens is 4. The molecule has 1 aliphatic heterocycles. The summed E-state index contributed by atoms with van der Waals surface area (Å²) in [4.78, 5) is 117. The van der Waals surface area contributed by atoms with Crippen molar-refractivity contribution < 1.29 is 56.6 Å². The summed E-state index contributed by atoms with van der Waals surface area (Å²) < 4.78 is 46.1. The minimum absolute atomic E-state index is 0.0418. The standard InChI is InChI=1S/C47H65F3N10O10S2/c1-7-31-24-33(61)27-59(31)37(64)19-20-46(4,5)72-71-23-22-52-35(62)12-10-8-9-11-21-51-36(63)18-17-34(43(68)70-6)55-41(66)29-13-15-32(16-14-29)60(44(69)47(48,49)50)26-30-25-53-39-38(54-30)42(67)58-45(56-39)57-40(65)28(2)3/h13-16,25,28,31,33-34,61H,7-12,17-24,26-27H2,1-6H3,(H,51,63)(H,52,62)(H,55,66)(H2,53,56,57,58,65,67)/t31-,33-,34-/m1/s1. The number of unbranched alkanes of at least 4 members (excludes halogenated alkanes) is 3. The molecule has 2 aromatic heterocycles. The molecule has 0 saturated carbocycles. The SMILES string of the molecule is CC[C@@H]1C[C@@H](O)CN1C(=O)CCC(C)(C)SSCCNC(=O)CCCCCCNC(=O)CC[C@@H](NC(=O)c1ccc(N(Cc2cnc3nc(NC(=O)C(C)C)[nH]c(=O)c3n2)C(=O)C(F)(F)F)cc1)C(=O)OC. The van der Waals surface area contributed by atoms with E-state index in [1.165, 1.54) is 0 Å². The minimum atomic E-state index is -5.34. The van der Waals surface area contributed by atoms with Crippen molar-refractivity contribution in [2.75, 3.05) is 42.7 Å². The molecule has 0 unspecified atom stereocenters. The largest absolute Gasteiger partial charge is 0.471 e. The summed E-state index contributed by atoms with van der Waals surface area (Å²) >= 11 is 0. The molecule has 1 fully saturated rings. The highest BCUT2D eigenvalue weighted by Gasteiger charge is 2.43. The van der Waals surface area contributed by atoms with Gasteiger partial charge in [-0.1, -0.05) is 55.2 Å². The van der Waals surface area contributed by atoms with Crippen molar-refractivity contribution in [3.63, 3.8) is 0 Å². The number of ether oxygens (including phenoxy) is 1.